The van der Waals surface area contributed by atoms with E-state index in [0.29, 0.717) is 5.75 Å². The third-order valence-electron chi connectivity index (χ3n) is 3.76. The first-order valence-electron chi connectivity index (χ1n) is 6.97. The first kappa shape index (κ1) is 13.5. The molecule has 0 saturated heterocycles. The summed E-state index contributed by atoms with van der Waals surface area (Å²) in [5.41, 5.74) is 3.29. The number of amides is 1. The molecule has 6 nitrogen and oxygen atoms in total. The highest BCUT2D eigenvalue weighted by atomic mass is 16.3. The largest absolute Gasteiger partial charge is 0.508 e. The van der Waals surface area contributed by atoms with Crippen LogP contribution < -0.4 is 10.6 Å². The van der Waals surface area contributed by atoms with Crippen molar-refractivity contribution in [2.75, 3.05) is 12.4 Å². The Balaban J connectivity index is 1.70. The standard InChI is InChI=1S/C15H18N4O2/c1-16-15(21)9-19-8-11(7-17-19)18-14-5-2-10-6-12(20)3-4-13(10)14/h3-4,6-8,14,18,20H,2,5,9H2,1H3,(H,16,21). The highest BCUT2D eigenvalue weighted by molar-refractivity contribution is 5.75. The third-order valence-corrected chi connectivity index (χ3v) is 3.76. The second-order valence-corrected chi connectivity index (χ2v) is 5.22. The number of likely N-dealkylation sites (N-methyl/N-ethyl adjacent to an activating group) is 1. The highest BCUT2D eigenvalue weighted by Crippen LogP contribution is 2.35. The minimum atomic E-state index is -0.0775. The number of benzene rings is 1. The number of phenolic OH excluding ortho intramolecular Hbond substituents is 1. The maximum Gasteiger partial charge on any atom is 0.241 e. The summed E-state index contributed by atoms with van der Waals surface area (Å²) in [6.07, 6.45) is 5.49. The first-order chi connectivity index (χ1) is 10.2. The molecule has 0 radical (unpaired) electrons. The van der Waals surface area contributed by atoms with Gasteiger partial charge in [0.25, 0.3) is 0 Å². The molecule has 110 valence electrons. The van der Waals surface area contributed by atoms with Crippen LogP contribution in [0.3, 0.4) is 0 Å². The van der Waals surface area contributed by atoms with E-state index in [1.807, 2.05) is 18.3 Å². The maximum absolute atomic E-state index is 11.3. The summed E-state index contributed by atoms with van der Waals surface area (Å²) in [5, 5.41) is 19.7. The van der Waals surface area contributed by atoms with Gasteiger partial charge in [-0.2, -0.15) is 5.10 Å². The normalized spacial score (nSPS) is 16.5. The lowest BCUT2D eigenvalue weighted by molar-refractivity contribution is -0.121. The van der Waals surface area contributed by atoms with E-state index in [1.54, 1.807) is 24.0 Å². The van der Waals surface area contributed by atoms with Crippen LogP contribution in [0.25, 0.3) is 0 Å². The van der Waals surface area contributed by atoms with Crippen LogP contribution in [-0.4, -0.2) is 27.8 Å². The van der Waals surface area contributed by atoms with E-state index >= 15 is 0 Å². The van der Waals surface area contributed by atoms with Crippen LogP contribution >= 0.6 is 0 Å². The zero-order valence-corrected chi connectivity index (χ0v) is 11.8. The molecule has 3 N–H and O–H groups in total. The van der Waals surface area contributed by atoms with Crippen molar-refractivity contribution in [1.82, 2.24) is 15.1 Å². The molecule has 21 heavy (non-hydrogen) atoms. The number of nitrogens with one attached hydrogen (secondary N) is 2. The molecule has 1 amide bonds. The smallest absolute Gasteiger partial charge is 0.241 e. The van der Waals surface area contributed by atoms with Gasteiger partial charge in [-0.05, 0) is 36.1 Å². The van der Waals surface area contributed by atoms with Crippen LogP contribution in [0.4, 0.5) is 5.69 Å². The molecule has 0 fully saturated rings. The van der Waals surface area contributed by atoms with E-state index in [2.05, 4.69) is 15.7 Å². The molecule has 0 spiro atoms. The van der Waals surface area contributed by atoms with Crippen molar-refractivity contribution in [3.05, 3.63) is 41.7 Å². The molecule has 6 heteroatoms. The van der Waals surface area contributed by atoms with E-state index in [0.717, 1.165) is 18.5 Å². The van der Waals surface area contributed by atoms with E-state index in [-0.39, 0.29) is 18.5 Å². The number of aryl methyl sites for hydroxylation is 1. The van der Waals surface area contributed by atoms with Crippen LogP contribution in [0, 0.1) is 0 Å². The van der Waals surface area contributed by atoms with Crippen molar-refractivity contribution >= 4 is 11.6 Å². The van der Waals surface area contributed by atoms with Gasteiger partial charge in [0.2, 0.25) is 5.91 Å². The minimum Gasteiger partial charge on any atom is -0.508 e. The molecule has 2 aromatic rings. The summed E-state index contributed by atoms with van der Waals surface area (Å²) in [7, 11) is 1.61. The second-order valence-electron chi connectivity index (χ2n) is 5.22. The maximum atomic E-state index is 11.3. The number of phenols is 1. The Morgan fingerprint density at radius 1 is 1.52 bits per heavy atom. The van der Waals surface area contributed by atoms with Crippen molar-refractivity contribution in [1.29, 1.82) is 0 Å². The molecule has 0 aliphatic heterocycles. The predicted molar refractivity (Wildman–Crippen MR) is 79.1 cm³/mol. The molecular formula is C15H18N4O2. The quantitative estimate of drug-likeness (QED) is 0.794. The lowest BCUT2D eigenvalue weighted by Crippen LogP contribution is -2.23. The van der Waals surface area contributed by atoms with Crippen molar-refractivity contribution in [2.24, 2.45) is 0 Å². The number of hydrogen-bond acceptors (Lipinski definition) is 4. The van der Waals surface area contributed by atoms with Gasteiger partial charge in [0.05, 0.1) is 17.9 Å². The monoisotopic (exact) mass is 286 g/mol. The summed E-state index contributed by atoms with van der Waals surface area (Å²) in [6, 6.07) is 5.72. The number of fused-ring (bicyclic) bond motifs is 1. The van der Waals surface area contributed by atoms with Gasteiger partial charge in [-0.15, -0.1) is 0 Å². The summed E-state index contributed by atoms with van der Waals surface area (Å²) in [6.45, 7) is 0.216. The summed E-state index contributed by atoms with van der Waals surface area (Å²) >= 11 is 0. The first-order valence-corrected chi connectivity index (χ1v) is 6.97. The van der Waals surface area contributed by atoms with Crippen LogP contribution in [0.5, 0.6) is 5.75 Å². The Labute approximate surface area is 122 Å². The number of aromatic hydroxyl groups is 1. The van der Waals surface area contributed by atoms with Crippen molar-refractivity contribution in [3.8, 4) is 5.75 Å². The molecular weight excluding hydrogens is 268 g/mol. The highest BCUT2D eigenvalue weighted by Gasteiger charge is 2.22. The number of anilines is 1. The topological polar surface area (TPSA) is 79.2 Å². The predicted octanol–water partition coefficient (Wildman–Crippen LogP) is 1.43. The average molecular weight is 286 g/mol. The summed E-state index contributed by atoms with van der Waals surface area (Å²) < 4.78 is 1.61. The molecule has 3 rings (SSSR count). The number of rotatable bonds is 4. The van der Waals surface area contributed by atoms with Crippen LogP contribution in [0.1, 0.15) is 23.6 Å². The van der Waals surface area contributed by atoms with Crippen molar-refractivity contribution in [3.63, 3.8) is 0 Å². The Hall–Kier alpha value is -2.50. The Bertz CT molecular complexity index is 665. The molecule has 1 unspecified atom stereocenters. The second kappa shape index (κ2) is 5.47. The van der Waals surface area contributed by atoms with E-state index < -0.39 is 0 Å². The van der Waals surface area contributed by atoms with Crippen LogP contribution in [-0.2, 0) is 17.8 Å². The van der Waals surface area contributed by atoms with Crippen LogP contribution in [0.2, 0.25) is 0 Å². The molecule has 1 aromatic carbocycles. The fraction of sp³-hybridized carbons (Fsp3) is 0.333. The van der Waals surface area contributed by atoms with Gasteiger partial charge < -0.3 is 15.7 Å². The molecule has 0 bridgehead atoms. The van der Waals surface area contributed by atoms with Gasteiger partial charge in [0, 0.05) is 13.2 Å². The van der Waals surface area contributed by atoms with Gasteiger partial charge in [-0.1, -0.05) is 6.07 Å². The Morgan fingerprint density at radius 2 is 2.38 bits per heavy atom. The van der Waals surface area contributed by atoms with Gasteiger partial charge in [0.1, 0.15) is 12.3 Å². The molecule has 1 aliphatic rings. The summed E-state index contributed by atoms with van der Waals surface area (Å²) in [5.74, 6) is 0.235. The molecule has 1 aliphatic carbocycles. The molecule has 0 saturated carbocycles. The Kier molecular flexibility index (Phi) is 3.51. The lowest BCUT2D eigenvalue weighted by atomic mass is 10.1. The van der Waals surface area contributed by atoms with Gasteiger partial charge in [-0.3, -0.25) is 9.48 Å². The lowest BCUT2D eigenvalue weighted by Gasteiger charge is -2.13. The molecule has 1 aromatic heterocycles. The number of nitrogens with zero attached hydrogens (tertiary/aromatic N) is 2. The average Bonchev–Trinajstić information content (AvgIpc) is 3.06. The number of carbonyl (C=O) groups excluding carboxylic acids is 1. The summed E-state index contributed by atoms with van der Waals surface area (Å²) in [4.78, 5) is 11.3. The van der Waals surface area contributed by atoms with Gasteiger partial charge in [-0.25, -0.2) is 0 Å². The number of aromatic nitrogens is 2. The fourth-order valence-corrected chi connectivity index (χ4v) is 2.71. The van der Waals surface area contributed by atoms with Crippen LogP contribution in [0.15, 0.2) is 30.6 Å². The third kappa shape index (κ3) is 2.84. The Morgan fingerprint density at radius 3 is 3.19 bits per heavy atom. The SMILES string of the molecule is CNC(=O)Cn1cc(NC2CCc3cc(O)ccc32)cn1. The number of carbonyl (C=O) groups is 1. The van der Waals surface area contributed by atoms with Crippen molar-refractivity contribution < 1.29 is 9.90 Å². The molecule has 1 atom stereocenters. The van der Waals surface area contributed by atoms with Gasteiger partial charge >= 0.3 is 0 Å². The fourth-order valence-electron chi connectivity index (χ4n) is 2.71. The van der Waals surface area contributed by atoms with E-state index in [4.69, 9.17) is 0 Å². The van der Waals surface area contributed by atoms with E-state index in [1.165, 1.54) is 11.1 Å². The van der Waals surface area contributed by atoms with E-state index in [9.17, 15) is 9.90 Å². The van der Waals surface area contributed by atoms with Crippen molar-refractivity contribution in [2.45, 2.75) is 25.4 Å². The molecule has 1 heterocycles. The zero-order chi connectivity index (χ0) is 14.8. The minimum absolute atomic E-state index is 0.0775. The zero-order valence-electron chi connectivity index (χ0n) is 11.8. The van der Waals surface area contributed by atoms with Gasteiger partial charge in [0.15, 0.2) is 0 Å². The number of hydrogen-bond donors (Lipinski definition) is 3.